The highest BCUT2D eigenvalue weighted by Crippen LogP contribution is 2.39. The summed E-state index contributed by atoms with van der Waals surface area (Å²) >= 11 is 0. The standard InChI is InChI=1S/C22H35F2N3O3.C18H11F3O2.C10H14N2O.C2H6.2CH3NO/c1-6-30-13-15(11-26-14-28)10-16(20-17(23)8-7-9-18(20)24)21(22(2,3)4)27-19(29)12-25-5;19-18(20,21)14-5-7-15(8-6-14)23-17-3-1-2-13-10-12(11-22)4-9-16(13)17;1-11-6-9-3-2-4-10(5-9)7-12-8-13;1-2;2*2-1-3/h7-9,14-16,21,25H,6,10-13H2,1-5H3,(H,26,28)(H,27,29);1-11H;2-5,8,11H,6-7H2,1H3,(H,12,13);1-2H3;2*1H,(H2,2,3). The van der Waals surface area contributed by atoms with Crippen molar-refractivity contribution in [1.29, 1.82) is 0 Å². The van der Waals surface area contributed by atoms with E-state index in [1.54, 1.807) is 37.4 Å². The van der Waals surface area contributed by atoms with E-state index in [0.29, 0.717) is 62.6 Å². The number of hydrogen-bond donors (Lipinski definition) is 7. The van der Waals surface area contributed by atoms with Crippen LogP contribution in [0.15, 0.2) is 103 Å². The van der Waals surface area contributed by atoms with Crippen molar-refractivity contribution >= 4 is 48.6 Å². The number of nitrogens with one attached hydrogen (secondary N) is 5. The molecule has 5 amide bonds. The summed E-state index contributed by atoms with van der Waals surface area (Å²) in [4.78, 5) is 61.3. The van der Waals surface area contributed by atoms with Gasteiger partial charge in [0.05, 0.1) is 18.7 Å². The maximum atomic E-state index is 14.8. The Morgan fingerprint density at radius 3 is 1.81 bits per heavy atom. The predicted octanol–water partition coefficient (Wildman–Crippen LogP) is 7.93. The van der Waals surface area contributed by atoms with Crippen LogP contribution in [0.3, 0.4) is 0 Å². The molecule has 9 N–H and O–H groups in total. The molecule has 15 nitrogen and oxygen atoms in total. The highest BCUT2D eigenvalue weighted by Gasteiger charge is 2.38. The van der Waals surface area contributed by atoms with Crippen LogP contribution in [0.1, 0.15) is 86.5 Å². The van der Waals surface area contributed by atoms with Crippen LogP contribution in [0.5, 0.6) is 11.5 Å². The smallest absolute Gasteiger partial charge is 0.416 e. The number of rotatable bonds is 21. The first kappa shape index (κ1) is 66.7. The quantitative estimate of drug-likeness (QED) is 0.0277. The molecule has 0 heterocycles. The lowest BCUT2D eigenvalue weighted by molar-refractivity contribution is -0.137. The van der Waals surface area contributed by atoms with Gasteiger partial charge in [0.1, 0.15) is 29.4 Å². The molecule has 0 radical (unpaired) electrons. The van der Waals surface area contributed by atoms with E-state index in [1.807, 2.05) is 66.8 Å². The normalized spacial score (nSPS) is 11.6. The summed E-state index contributed by atoms with van der Waals surface area (Å²) in [5.74, 6) is -1.60. The average Bonchev–Trinajstić information content (AvgIpc) is 3.36. The summed E-state index contributed by atoms with van der Waals surface area (Å²) in [6.07, 6.45) is -1.50. The molecule has 0 aliphatic rings. The molecule has 0 saturated carbocycles. The fourth-order valence-electron chi connectivity index (χ4n) is 7.15. The van der Waals surface area contributed by atoms with Crippen molar-refractivity contribution in [2.75, 3.05) is 40.4 Å². The Bertz CT molecular complexity index is 2380. The van der Waals surface area contributed by atoms with Crippen molar-refractivity contribution in [1.82, 2.24) is 26.6 Å². The number of primary amides is 2. The van der Waals surface area contributed by atoms with Gasteiger partial charge < -0.3 is 47.5 Å². The first-order valence-corrected chi connectivity index (χ1v) is 23.5. The highest BCUT2D eigenvalue weighted by atomic mass is 19.4. The Morgan fingerprint density at radius 2 is 1.30 bits per heavy atom. The van der Waals surface area contributed by atoms with E-state index in [1.165, 1.54) is 35.9 Å². The van der Waals surface area contributed by atoms with Crippen molar-refractivity contribution in [3.05, 3.63) is 143 Å². The molecule has 5 aromatic rings. The molecule has 5 aromatic carbocycles. The molecular formula is C54H72F5N7O8. The summed E-state index contributed by atoms with van der Waals surface area (Å²) in [6, 6.07) is 26.3. The van der Waals surface area contributed by atoms with E-state index in [-0.39, 0.29) is 36.8 Å². The van der Waals surface area contributed by atoms with Crippen LogP contribution in [0, 0.1) is 23.0 Å². The van der Waals surface area contributed by atoms with Gasteiger partial charge in [0.15, 0.2) is 0 Å². The first-order valence-electron chi connectivity index (χ1n) is 23.5. The van der Waals surface area contributed by atoms with Crippen LogP contribution in [0.4, 0.5) is 22.0 Å². The molecule has 0 aliphatic carbocycles. The number of fused-ring (bicyclic) bond motifs is 1. The van der Waals surface area contributed by atoms with Gasteiger partial charge in [-0.25, -0.2) is 8.78 Å². The van der Waals surface area contributed by atoms with Crippen LogP contribution in [-0.2, 0) is 48.0 Å². The number of carbonyl (C=O) groups is 6. The molecule has 0 aromatic heterocycles. The molecule has 0 bridgehead atoms. The number of nitrogens with two attached hydrogens (primary N) is 2. The average molecular weight is 1040 g/mol. The van der Waals surface area contributed by atoms with Gasteiger partial charge in [0.25, 0.3) is 0 Å². The van der Waals surface area contributed by atoms with E-state index in [0.717, 1.165) is 41.3 Å². The third-order valence-electron chi connectivity index (χ3n) is 10.2. The van der Waals surface area contributed by atoms with Crippen molar-refractivity contribution < 1.29 is 60.2 Å². The second-order valence-electron chi connectivity index (χ2n) is 16.6. The number of carbonyl (C=O) groups excluding carboxylic acids is 6. The van der Waals surface area contributed by atoms with Gasteiger partial charge in [-0.3, -0.25) is 28.8 Å². The first-order chi connectivity index (χ1) is 35.3. The molecule has 3 unspecified atom stereocenters. The third-order valence-corrected chi connectivity index (χ3v) is 10.2. The number of alkyl halides is 3. The fourth-order valence-corrected chi connectivity index (χ4v) is 7.15. The molecule has 0 spiro atoms. The van der Waals surface area contributed by atoms with E-state index in [2.05, 4.69) is 50.2 Å². The van der Waals surface area contributed by atoms with Crippen LogP contribution < -0.4 is 42.8 Å². The minimum absolute atomic E-state index is 0.0604. The summed E-state index contributed by atoms with van der Waals surface area (Å²) in [5, 5.41) is 15.7. The second kappa shape index (κ2) is 37.5. The number of aldehydes is 1. The van der Waals surface area contributed by atoms with Crippen LogP contribution in [-0.4, -0.2) is 84.3 Å². The topological polar surface area (TPSA) is 233 Å². The van der Waals surface area contributed by atoms with Crippen LogP contribution in [0.25, 0.3) is 10.8 Å². The maximum Gasteiger partial charge on any atom is 0.416 e. The van der Waals surface area contributed by atoms with Crippen molar-refractivity contribution in [3.8, 4) is 11.5 Å². The molecule has 0 saturated heterocycles. The lowest BCUT2D eigenvalue weighted by Crippen LogP contribution is -2.50. The lowest BCUT2D eigenvalue weighted by Gasteiger charge is -2.39. The Balaban J connectivity index is 0.00000106. The SMILES string of the molecule is CC.CCOCC(CNC=O)CC(c1c(F)cccc1F)C(NC(=O)CNC)C(C)(C)C.CNCc1cccc(CNC=O)c1.NC=O.NC=O.O=Cc1ccc2c(Oc3ccc(C(F)(F)F)cc3)cccc2c1. The summed E-state index contributed by atoms with van der Waals surface area (Å²) in [6.45, 7) is 14.3. The zero-order valence-corrected chi connectivity index (χ0v) is 43.2. The molecular weight excluding hydrogens is 970 g/mol. The number of likely N-dealkylation sites (N-methyl/N-ethyl adjacent to an activating group) is 1. The zero-order chi connectivity index (χ0) is 56.1. The van der Waals surface area contributed by atoms with Crippen molar-refractivity contribution in [3.63, 3.8) is 0 Å². The van der Waals surface area contributed by atoms with Gasteiger partial charge in [0, 0.05) is 60.6 Å². The van der Waals surface area contributed by atoms with Crippen LogP contribution in [0.2, 0.25) is 0 Å². The van der Waals surface area contributed by atoms with Gasteiger partial charge in [-0.15, -0.1) is 0 Å². The largest absolute Gasteiger partial charge is 0.457 e. The zero-order valence-electron chi connectivity index (χ0n) is 43.2. The lowest BCUT2D eigenvalue weighted by atomic mass is 9.72. The van der Waals surface area contributed by atoms with Gasteiger partial charge >= 0.3 is 6.18 Å². The van der Waals surface area contributed by atoms with Gasteiger partial charge in [-0.05, 0) is 104 Å². The van der Waals surface area contributed by atoms with Gasteiger partial charge in [0.2, 0.25) is 31.5 Å². The number of benzene rings is 5. The molecule has 406 valence electrons. The summed E-state index contributed by atoms with van der Waals surface area (Å²) in [7, 11) is 3.57. The Labute approximate surface area is 430 Å². The minimum Gasteiger partial charge on any atom is -0.457 e. The Kier molecular flexibility index (Phi) is 33.8. The molecule has 3 atom stereocenters. The molecule has 20 heteroatoms. The molecule has 5 rings (SSSR count). The van der Waals surface area contributed by atoms with Gasteiger partial charge in [-0.2, -0.15) is 13.2 Å². The van der Waals surface area contributed by atoms with Crippen molar-refractivity contribution in [2.24, 2.45) is 22.8 Å². The molecule has 74 heavy (non-hydrogen) atoms. The summed E-state index contributed by atoms with van der Waals surface area (Å²) in [5.41, 5.74) is 9.96. The Hall–Kier alpha value is -7.29. The number of ether oxygens (including phenoxy) is 2. The third kappa shape index (κ3) is 25.4. The molecule has 0 fully saturated rings. The van der Waals surface area contributed by atoms with Crippen LogP contribution >= 0.6 is 0 Å². The predicted molar refractivity (Wildman–Crippen MR) is 278 cm³/mol. The summed E-state index contributed by atoms with van der Waals surface area (Å²) < 4.78 is 78.5. The molecule has 0 aliphatic heterocycles. The monoisotopic (exact) mass is 1040 g/mol. The number of hydrogen-bond acceptors (Lipinski definition) is 10. The Morgan fingerprint density at radius 1 is 0.730 bits per heavy atom. The van der Waals surface area contributed by atoms with E-state index in [9.17, 15) is 41.1 Å². The van der Waals surface area contributed by atoms with Crippen molar-refractivity contribution in [2.45, 2.75) is 79.2 Å². The second-order valence-corrected chi connectivity index (χ2v) is 16.6. The highest BCUT2D eigenvalue weighted by molar-refractivity contribution is 5.92. The maximum absolute atomic E-state index is 14.8. The minimum atomic E-state index is -4.37. The fraction of sp³-hybridized carbons (Fsp3) is 0.370. The number of amides is 5. The van der Waals surface area contributed by atoms with E-state index >= 15 is 0 Å². The van der Waals surface area contributed by atoms with Gasteiger partial charge in [-0.1, -0.05) is 83.1 Å². The number of halogens is 5. The van der Waals surface area contributed by atoms with E-state index < -0.39 is 40.7 Å². The van der Waals surface area contributed by atoms with E-state index in [4.69, 9.17) is 19.1 Å².